The van der Waals surface area contributed by atoms with Crippen LogP contribution in [0.2, 0.25) is 5.02 Å². The molecule has 0 spiro atoms. The van der Waals surface area contributed by atoms with Crippen LogP contribution in [-0.4, -0.2) is 42.3 Å². The minimum Gasteiger partial charge on any atom is -0.395 e. The number of unbranched alkanes of at least 4 members (excludes halogenated alkanes) is 1. The number of nitrogens with one attached hydrogen (secondary N) is 1. The molecular formula is C36H49ClN2O. The zero-order chi connectivity index (χ0) is 28.5. The van der Waals surface area contributed by atoms with Crippen LogP contribution in [0.1, 0.15) is 78.0 Å². The number of hydrogen-bond donors (Lipinski definition) is 2. The second kappa shape index (κ2) is 15.2. The number of hydrogen-bond acceptors (Lipinski definition) is 3. The summed E-state index contributed by atoms with van der Waals surface area (Å²) in [6.07, 6.45) is 9.76. The molecular weight excluding hydrogens is 512 g/mol. The largest absolute Gasteiger partial charge is 0.395 e. The van der Waals surface area contributed by atoms with Crippen molar-refractivity contribution in [2.75, 3.05) is 26.2 Å². The van der Waals surface area contributed by atoms with Crippen molar-refractivity contribution in [3.05, 3.63) is 92.5 Å². The van der Waals surface area contributed by atoms with Crippen LogP contribution in [0.4, 0.5) is 0 Å². The Morgan fingerprint density at radius 1 is 0.800 bits per heavy atom. The number of rotatable bonds is 13. The predicted octanol–water partition coefficient (Wildman–Crippen LogP) is 8.00. The van der Waals surface area contributed by atoms with Gasteiger partial charge in [-0.05, 0) is 148 Å². The van der Waals surface area contributed by atoms with Gasteiger partial charge in [-0.25, -0.2) is 0 Å². The lowest BCUT2D eigenvalue weighted by atomic mass is 9.89. The Balaban J connectivity index is 1.41. The van der Waals surface area contributed by atoms with Gasteiger partial charge in [-0.2, -0.15) is 0 Å². The molecule has 1 heterocycles. The molecule has 1 atom stereocenters. The number of nitrogens with zero attached hydrogens (tertiary/aromatic N) is 1. The molecule has 3 aromatic rings. The minimum atomic E-state index is 0.0712. The molecule has 1 aliphatic rings. The Hall–Kier alpha value is -2.17. The topological polar surface area (TPSA) is 35.5 Å². The Morgan fingerprint density at radius 2 is 1.43 bits per heavy atom. The molecule has 0 aliphatic carbocycles. The first kappa shape index (κ1) is 30.8. The van der Waals surface area contributed by atoms with Gasteiger partial charge in [0.15, 0.2) is 0 Å². The fourth-order valence-electron chi connectivity index (χ4n) is 6.11. The summed E-state index contributed by atoms with van der Waals surface area (Å²) in [6.45, 7) is 13.4. The van der Waals surface area contributed by atoms with Crippen LogP contribution in [0, 0.1) is 20.8 Å². The zero-order valence-electron chi connectivity index (χ0n) is 25.2. The summed E-state index contributed by atoms with van der Waals surface area (Å²) in [5, 5.41) is 13.5. The molecule has 0 radical (unpaired) electrons. The van der Waals surface area contributed by atoms with E-state index in [0.29, 0.717) is 6.54 Å². The van der Waals surface area contributed by atoms with E-state index in [1.54, 1.807) is 0 Å². The summed E-state index contributed by atoms with van der Waals surface area (Å²) < 4.78 is 0. The van der Waals surface area contributed by atoms with Crippen LogP contribution in [-0.2, 0) is 25.8 Å². The maximum absolute atomic E-state index is 9.30. The van der Waals surface area contributed by atoms with E-state index in [1.165, 1.54) is 102 Å². The van der Waals surface area contributed by atoms with Gasteiger partial charge in [0.1, 0.15) is 0 Å². The van der Waals surface area contributed by atoms with Gasteiger partial charge in [-0.15, -0.1) is 0 Å². The van der Waals surface area contributed by atoms with E-state index in [1.807, 2.05) is 6.92 Å². The van der Waals surface area contributed by atoms with E-state index < -0.39 is 0 Å². The first-order chi connectivity index (χ1) is 19.4. The van der Waals surface area contributed by atoms with Gasteiger partial charge in [0.25, 0.3) is 0 Å². The maximum atomic E-state index is 9.30. The lowest BCUT2D eigenvalue weighted by molar-refractivity contribution is 0.225. The monoisotopic (exact) mass is 560 g/mol. The van der Waals surface area contributed by atoms with Crippen molar-refractivity contribution in [2.45, 2.75) is 91.6 Å². The number of aliphatic hydroxyl groups is 1. The van der Waals surface area contributed by atoms with Gasteiger partial charge >= 0.3 is 0 Å². The van der Waals surface area contributed by atoms with Gasteiger partial charge in [0, 0.05) is 17.6 Å². The summed E-state index contributed by atoms with van der Waals surface area (Å²) in [5.74, 6) is 0. The molecule has 0 saturated carbocycles. The first-order valence-electron chi connectivity index (χ1n) is 15.4. The molecule has 4 rings (SSSR count). The average molecular weight is 561 g/mol. The smallest absolute Gasteiger partial charge is 0.0582 e. The van der Waals surface area contributed by atoms with E-state index in [2.05, 4.69) is 79.5 Å². The molecule has 4 heteroatoms. The molecule has 1 aliphatic heterocycles. The molecule has 0 aromatic heterocycles. The van der Waals surface area contributed by atoms with Crippen LogP contribution in [0.25, 0.3) is 11.1 Å². The molecule has 1 unspecified atom stereocenters. The summed E-state index contributed by atoms with van der Waals surface area (Å²) in [4.78, 5) is 2.65. The second-order valence-corrected chi connectivity index (χ2v) is 12.3. The van der Waals surface area contributed by atoms with E-state index >= 15 is 0 Å². The number of aryl methyl sites for hydroxylation is 4. The van der Waals surface area contributed by atoms with Crippen LogP contribution in [0.3, 0.4) is 0 Å². The van der Waals surface area contributed by atoms with Crippen LogP contribution < -0.4 is 5.32 Å². The van der Waals surface area contributed by atoms with Crippen molar-refractivity contribution < 1.29 is 5.11 Å². The SMILES string of the molecule is Cc1cc(CCc2cccc(-c3cccc(CCCCN4CCCCC4)c3C)c2C)c(Cl)cc1CNC(C)CO. The van der Waals surface area contributed by atoms with Crippen LogP contribution >= 0.6 is 11.6 Å². The molecule has 3 nitrogen and oxygen atoms in total. The van der Waals surface area contributed by atoms with Crippen molar-refractivity contribution in [1.82, 2.24) is 10.2 Å². The maximum Gasteiger partial charge on any atom is 0.0582 e. The van der Waals surface area contributed by atoms with Gasteiger partial charge in [0.2, 0.25) is 0 Å². The van der Waals surface area contributed by atoms with E-state index in [0.717, 1.165) is 24.3 Å². The number of benzene rings is 3. The average Bonchev–Trinajstić information content (AvgIpc) is 2.96. The Bertz CT molecular complexity index is 1250. The summed E-state index contributed by atoms with van der Waals surface area (Å²) in [5.41, 5.74) is 12.0. The van der Waals surface area contributed by atoms with Crippen molar-refractivity contribution in [1.29, 1.82) is 0 Å². The lowest BCUT2D eigenvalue weighted by Gasteiger charge is -2.26. The summed E-state index contributed by atoms with van der Waals surface area (Å²) in [7, 11) is 0. The van der Waals surface area contributed by atoms with Gasteiger partial charge < -0.3 is 15.3 Å². The molecule has 216 valence electrons. The fourth-order valence-corrected chi connectivity index (χ4v) is 6.39. The lowest BCUT2D eigenvalue weighted by Crippen LogP contribution is -2.30. The first-order valence-corrected chi connectivity index (χ1v) is 15.8. The minimum absolute atomic E-state index is 0.0712. The second-order valence-electron chi connectivity index (χ2n) is 11.9. The molecule has 1 saturated heterocycles. The highest BCUT2D eigenvalue weighted by Gasteiger charge is 2.14. The van der Waals surface area contributed by atoms with E-state index in [-0.39, 0.29) is 12.6 Å². The standard InChI is InChI=1S/C36H49ClN2O/c1-26-22-32(36(37)23-33(26)24-38-27(2)25-40)18-17-31-14-11-16-35(29(31)4)34-15-10-13-30(28(34)3)12-6-9-21-39-19-7-5-8-20-39/h10-11,13-16,22-23,27,38,40H,5-9,12,17-21,24-25H2,1-4H3. The number of halogens is 1. The highest BCUT2D eigenvalue weighted by molar-refractivity contribution is 6.31. The molecule has 1 fully saturated rings. The summed E-state index contributed by atoms with van der Waals surface area (Å²) >= 11 is 6.74. The fraction of sp³-hybridized carbons (Fsp3) is 0.500. The molecule has 0 amide bonds. The normalized spacial score (nSPS) is 14.9. The molecule has 3 aromatic carbocycles. The Morgan fingerprint density at radius 3 is 2.08 bits per heavy atom. The predicted molar refractivity (Wildman–Crippen MR) is 172 cm³/mol. The quantitative estimate of drug-likeness (QED) is 0.208. The van der Waals surface area contributed by atoms with Gasteiger partial charge in [-0.1, -0.05) is 60.5 Å². The van der Waals surface area contributed by atoms with Crippen molar-refractivity contribution in [2.24, 2.45) is 0 Å². The number of likely N-dealkylation sites (tertiary alicyclic amines) is 1. The van der Waals surface area contributed by atoms with E-state index in [9.17, 15) is 5.11 Å². The zero-order valence-corrected chi connectivity index (χ0v) is 25.9. The number of piperidine rings is 1. The highest BCUT2D eigenvalue weighted by atomic mass is 35.5. The molecule has 2 N–H and O–H groups in total. The van der Waals surface area contributed by atoms with Crippen LogP contribution in [0.5, 0.6) is 0 Å². The van der Waals surface area contributed by atoms with Crippen molar-refractivity contribution >= 4 is 11.6 Å². The van der Waals surface area contributed by atoms with Crippen molar-refractivity contribution in [3.63, 3.8) is 0 Å². The van der Waals surface area contributed by atoms with Crippen LogP contribution in [0.15, 0.2) is 48.5 Å². The van der Waals surface area contributed by atoms with E-state index in [4.69, 9.17) is 11.6 Å². The van der Waals surface area contributed by atoms with Gasteiger partial charge in [0.05, 0.1) is 6.61 Å². The summed E-state index contributed by atoms with van der Waals surface area (Å²) in [6, 6.07) is 18.0. The molecule has 40 heavy (non-hydrogen) atoms. The van der Waals surface area contributed by atoms with Gasteiger partial charge in [-0.3, -0.25) is 0 Å². The number of aliphatic hydroxyl groups excluding tert-OH is 1. The third-order valence-corrected chi connectivity index (χ3v) is 9.24. The highest BCUT2D eigenvalue weighted by Crippen LogP contribution is 2.32. The Labute approximate surface area is 248 Å². The van der Waals surface area contributed by atoms with Crippen molar-refractivity contribution in [3.8, 4) is 11.1 Å². The third kappa shape index (κ3) is 8.19. The Kier molecular flexibility index (Phi) is 11.7. The molecule has 0 bridgehead atoms. The third-order valence-electron chi connectivity index (χ3n) is 8.88.